The van der Waals surface area contributed by atoms with Crippen molar-refractivity contribution in [1.29, 1.82) is 0 Å². The average Bonchev–Trinajstić information content (AvgIpc) is 3.46. The second-order valence-corrected chi connectivity index (χ2v) is 8.87. The molecule has 0 atom stereocenters. The molecule has 1 aliphatic carbocycles. The van der Waals surface area contributed by atoms with Gasteiger partial charge in [0.15, 0.2) is 0 Å². The third-order valence-electron chi connectivity index (χ3n) is 5.03. The largest absolute Gasteiger partial charge is 4.00 e. The predicted molar refractivity (Wildman–Crippen MR) is 120 cm³/mol. The number of rotatable bonds is 1. The van der Waals surface area contributed by atoms with E-state index in [0.717, 1.165) is 6.42 Å². The van der Waals surface area contributed by atoms with Crippen LogP contribution in [0.3, 0.4) is 0 Å². The first-order valence-electron chi connectivity index (χ1n) is 9.27. The van der Waals surface area contributed by atoms with Gasteiger partial charge in [0.05, 0.1) is 0 Å². The number of fused-ring (bicyclic) bond motifs is 4. The molecule has 0 spiro atoms. The van der Waals surface area contributed by atoms with Crippen molar-refractivity contribution >= 4 is 39.3 Å². The Bertz CT molecular complexity index is 1210. The summed E-state index contributed by atoms with van der Waals surface area (Å²) in [5.41, 5.74) is 0. The number of allylic oxidation sites excluding steroid dienone is 4. The van der Waals surface area contributed by atoms with Crippen LogP contribution in [0.1, 0.15) is 6.42 Å². The second kappa shape index (κ2) is 11.1. The van der Waals surface area contributed by atoms with E-state index in [1.807, 2.05) is 12.2 Å². The van der Waals surface area contributed by atoms with Gasteiger partial charge >= 0.3 is 21.7 Å². The van der Waals surface area contributed by atoms with Crippen molar-refractivity contribution in [3.63, 3.8) is 0 Å². The molecule has 1 aromatic heterocycles. The summed E-state index contributed by atoms with van der Waals surface area (Å²) in [5, 5.41) is 9.98. The Morgan fingerprint density at radius 1 is 0.767 bits per heavy atom. The Morgan fingerprint density at radius 2 is 1.37 bits per heavy atom. The molecule has 6 rings (SSSR count). The van der Waals surface area contributed by atoms with Crippen molar-refractivity contribution in [2.75, 3.05) is 0 Å². The van der Waals surface area contributed by atoms with E-state index >= 15 is 0 Å². The molecule has 0 saturated carbocycles. The zero-order valence-corrected chi connectivity index (χ0v) is 20.2. The first-order valence-corrected chi connectivity index (χ1v) is 10.6. The van der Waals surface area contributed by atoms with Gasteiger partial charge in [-0.25, -0.2) is 12.2 Å². The summed E-state index contributed by atoms with van der Waals surface area (Å²) in [4.78, 5) is 0. The molecule has 4 aromatic carbocycles. The molecule has 146 valence electrons. The van der Waals surface area contributed by atoms with Crippen LogP contribution in [0.2, 0.25) is 0 Å². The van der Waals surface area contributed by atoms with E-state index in [9.17, 15) is 0 Å². The SMILES string of the molecule is [C-]1=CC=CC1.[Cl-].[Cl-].[Ti+4].c1ccc2[cH-]c(-p3c4ccccc4c4ccccc43)cc2c1. The topological polar surface area (TPSA) is 0 Å². The van der Waals surface area contributed by atoms with Crippen molar-refractivity contribution in [1.82, 2.24) is 0 Å². The fourth-order valence-corrected chi connectivity index (χ4v) is 6.50. The first-order chi connectivity index (χ1) is 13.4. The molecule has 1 heterocycles. The van der Waals surface area contributed by atoms with Gasteiger partial charge in [-0.05, 0) is 10.8 Å². The Kier molecular flexibility index (Phi) is 9.11. The van der Waals surface area contributed by atoms with Crippen LogP contribution in [0.15, 0.2) is 103 Å². The zero-order chi connectivity index (χ0) is 18.1. The Hall–Kier alpha value is -1.66. The quantitative estimate of drug-likeness (QED) is 0.255. The van der Waals surface area contributed by atoms with Crippen LogP contribution in [0, 0.1) is 6.08 Å². The monoisotopic (exact) mass is 480 g/mol. The molecule has 0 radical (unpaired) electrons. The van der Waals surface area contributed by atoms with Crippen molar-refractivity contribution in [2.24, 2.45) is 0 Å². The third-order valence-corrected chi connectivity index (χ3v) is 7.55. The maximum absolute atomic E-state index is 2.99. The molecule has 0 N–H and O–H groups in total. The van der Waals surface area contributed by atoms with E-state index in [2.05, 4.69) is 97.1 Å². The van der Waals surface area contributed by atoms with Gasteiger partial charge < -0.3 is 24.8 Å². The molecule has 0 nitrogen and oxygen atoms in total. The van der Waals surface area contributed by atoms with E-state index in [4.69, 9.17) is 0 Å². The van der Waals surface area contributed by atoms with Gasteiger partial charge in [0, 0.05) is 10.2 Å². The summed E-state index contributed by atoms with van der Waals surface area (Å²) in [7, 11) is -0.419. The fourth-order valence-electron chi connectivity index (χ4n) is 3.80. The molecular weight excluding hydrogens is 462 g/mol. The fraction of sp³-hybridized carbons (Fsp3) is 0.0385. The number of halogens is 2. The summed E-state index contributed by atoms with van der Waals surface area (Å²) in [6, 6.07) is 31.2. The Morgan fingerprint density at radius 3 is 1.90 bits per heavy atom. The van der Waals surface area contributed by atoms with Crippen LogP contribution < -0.4 is 24.8 Å². The number of hydrogen-bond acceptors (Lipinski definition) is 0. The third kappa shape index (κ3) is 4.65. The summed E-state index contributed by atoms with van der Waals surface area (Å²) in [6.45, 7) is 0. The molecule has 5 aromatic rings. The van der Waals surface area contributed by atoms with Gasteiger partial charge in [0.1, 0.15) is 0 Å². The van der Waals surface area contributed by atoms with E-state index < -0.39 is 7.53 Å². The molecule has 30 heavy (non-hydrogen) atoms. The summed E-state index contributed by atoms with van der Waals surface area (Å²) < 4.78 is 0. The van der Waals surface area contributed by atoms with Crippen molar-refractivity contribution in [3.05, 3.63) is 109 Å². The van der Waals surface area contributed by atoms with E-state index in [1.54, 1.807) is 0 Å². The molecule has 1 aliphatic rings. The average molecular weight is 481 g/mol. The molecule has 4 heteroatoms. The van der Waals surface area contributed by atoms with Gasteiger partial charge in [-0.2, -0.15) is 12.1 Å². The van der Waals surface area contributed by atoms with Gasteiger partial charge in [0.2, 0.25) is 0 Å². The van der Waals surface area contributed by atoms with E-state index in [1.165, 1.54) is 37.1 Å². The molecular formula is C26H19Cl2PTi. The molecule has 0 bridgehead atoms. The summed E-state index contributed by atoms with van der Waals surface area (Å²) in [6.07, 6.45) is 10.0. The number of benzene rings is 3. The maximum Gasteiger partial charge on any atom is 4.00 e. The Labute approximate surface area is 205 Å². The summed E-state index contributed by atoms with van der Waals surface area (Å²) >= 11 is 0. The van der Waals surface area contributed by atoms with Crippen LogP contribution >= 0.6 is 7.53 Å². The second-order valence-electron chi connectivity index (χ2n) is 6.72. The van der Waals surface area contributed by atoms with Crippen molar-refractivity contribution in [2.45, 2.75) is 6.42 Å². The first kappa shape index (κ1) is 24.6. The van der Waals surface area contributed by atoms with Crippen LogP contribution in [-0.4, -0.2) is 0 Å². The van der Waals surface area contributed by atoms with Crippen LogP contribution in [0.25, 0.3) is 37.1 Å². The van der Waals surface area contributed by atoms with Crippen LogP contribution in [0.5, 0.6) is 0 Å². The van der Waals surface area contributed by atoms with Gasteiger partial charge in [0.25, 0.3) is 0 Å². The standard InChI is InChI=1S/C21H14P.C5H5.2ClH.Ti/c1-2-8-16-14-17(13-15(16)7-1)22-20-11-5-3-9-18(20)19-10-4-6-12-21(19)22;1-2-4-5-3-1;;;/h1-14H;1-3H,4H2;2*1H;/q2*-1;;;+4/p-2. The maximum atomic E-state index is 2.99. The van der Waals surface area contributed by atoms with Gasteiger partial charge in [-0.3, -0.25) is 6.08 Å². The molecule has 0 aliphatic heterocycles. The molecule has 0 unspecified atom stereocenters. The van der Waals surface area contributed by atoms with Gasteiger partial charge in [-0.15, -0.1) is 41.5 Å². The van der Waals surface area contributed by atoms with E-state index in [-0.39, 0.29) is 46.5 Å². The summed E-state index contributed by atoms with van der Waals surface area (Å²) in [5.74, 6) is 0. The minimum Gasteiger partial charge on any atom is -1.00 e. The van der Waals surface area contributed by atoms with Gasteiger partial charge in [-0.1, -0.05) is 67.4 Å². The minimum atomic E-state index is -0.419. The Balaban J connectivity index is 0.000000356. The molecule has 0 amide bonds. The van der Waals surface area contributed by atoms with Crippen molar-refractivity contribution in [3.8, 4) is 5.30 Å². The number of hydrogen-bond donors (Lipinski definition) is 0. The normalized spacial score (nSPS) is 11.5. The van der Waals surface area contributed by atoms with Crippen LogP contribution in [-0.2, 0) is 21.7 Å². The predicted octanol–water partition coefficient (Wildman–Crippen LogP) is 2.15. The molecule has 0 fully saturated rings. The minimum absolute atomic E-state index is 0. The zero-order valence-electron chi connectivity index (χ0n) is 16.2. The van der Waals surface area contributed by atoms with Crippen LogP contribution in [0.4, 0.5) is 0 Å². The smallest absolute Gasteiger partial charge is 1.00 e. The van der Waals surface area contributed by atoms with Crippen molar-refractivity contribution < 1.29 is 46.5 Å². The van der Waals surface area contributed by atoms with E-state index in [0.29, 0.717) is 0 Å². The molecule has 0 saturated heterocycles.